The zero-order valence-corrected chi connectivity index (χ0v) is 14.8. The molecule has 5 heteroatoms. The molecular formula is C13H9Br2NaO2. The van der Waals surface area contributed by atoms with Crippen LogP contribution in [0.1, 0.15) is 11.8 Å². The first kappa shape index (κ1) is 15.9. The largest absolute Gasteiger partial charge is 1.00 e. The Hall–Kier alpha value is -0.130. The minimum Gasteiger partial charge on any atom is -1.00 e. The van der Waals surface area contributed by atoms with E-state index in [9.17, 15) is 4.79 Å². The predicted molar refractivity (Wildman–Crippen MR) is 75.3 cm³/mol. The van der Waals surface area contributed by atoms with Crippen LogP contribution in [0.4, 0.5) is 0 Å². The topological polar surface area (TPSA) is 37.3 Å². The van der Waals surface area contributed by atoms with Gasteiger partial charge in [0, 0.05) is 8.95 Å². The summed E-state index contributed by atoms with van der Waals surface area (Å²) in [5.74, 6) is -0.912. The Bertz CT molecular complexity index is 573. The number of aromatic carboxylic acids is 1. The Kier molecular flexibility index (Phi) is 6.08. The summed E-state index contributed by atoms with van der Waals surface area (Å²) in [6.07, 6.45) is 0. The summed E-state index contributed by atoms with van der Waals surface area (Å²) in [6.45, 7) is 0. The van der Waals surface area contributed by atoms with Gasteiger partial charge in [0.25, 0.3) is 0 Å². The van der Waals surface area contributed by atoms with Gasteiger partial charge < -0.3 is 6.53 Å². The summed E-state index contributed by atoms with van der Waals surface area (Å²) in [7, 11) is 0. The summed E-state index contributed by atoms with van der Waals surface area (Å²) in [5, 5.41) is 8.83. The van der Waals surface area contributed by atoms with Crippen molar-refractivity contribution in [1.82, 2.24) is 0 Å². The van der Waals surface area contributed by atoms with Crippen molar-refractivity contribution < 1.29 is 40.9 Å². The number of hydrogen-bond acceptors (Lipinski definition) is 1. The Labute approximate surface area is 145 Å². The van der Waals surface area contributed by atoms with Crippen molar-refractivity contribution in [3.05, 3.63) is 57.0 Å². The normalized spacial score (nSPS) is 9.67. The fourth-order valence-electron chi connectivity index (χ4n) is 1.51. The molecule has 2 aromatic carbocycles. The Balaban J connectivity index is 0.00000162. The van der Waals surface area contributed by atoms with Crippen LogP contribution >= 0.6 is 31.9 Å². The molecule has 2 nitrogen and oxygen atoms in total. The first-order chi connectivity index (χ1) is 8.08. The van der Waals surface area contributed by atoms with Crippen molar-refractivity contribution in [2.45, 2.75) is 0 Å². The molecule has 0 aromatic heterocycles. The van der Waals surface area contributed by atoms with E-state index in [1.807, 2.05) is 18.2 Å². The molecule has 0 radical (unpaired) electrons. The van der Waals surface area contributed by atoms with Gasteiger partial charge in [-0.15, -0.1) is 0 Å². The van der Waals surface area contributed by atoms with Crippen molar-refractivity contribution in [3.63, 3.8) is 0 Å². The Morgan fingerprint density at radius 2 is 1.67 bits per heavy atom. The quantitative estimate of drug-likeness (QED) is 0.806. The molecule has 2 aromatic rings. The molecule has 0 aliphatic carbocycles. The van der Waals surface area contributed by atoms with Crippen LogP contribution in [0.3, 0.4) is 0 Å². The predicted octanol–water partition coefficient (Wildman–Crippen LogP) is 1.69. The van der Waals surface area contributed by atoms with Gasteiger partial charge in [-0.2, -0.15) is 0 Å². The van der Waals surface area contributed by atoms with Crippen LogP contribution in [0.5, 0.6) is 0 Å². The van der Waals surface area contributed by atoms with E-state index in [1.54, 1.807) is 24.3 Å². The molecule has 0 spiro atoms. The van der Waals surface area contributed by atoms with Crippen molar-refractivity contribution in [2.24, 2.45) is 0 Å². The van der Waals surface area contributed by atoms with E-state index in [0.717, 1.165) is 20.1 Å². The van der Waals surface area contributed by atoms with E-state index < -0.39 is 5.97 Å². The molecule has 0 heterocycles. The van der Waals surface area contributed by atoms with Gasteiger partial charge in [0.15, 0.2) is 0 Å². The second-order valence-corrected chi connectivity index (χ2v) is 5.28. The van der Waals surface area contributed by atoms with Crippen LogP contribution in [-0.2, 0) is 0 Å². The van der Waals surface area contributed by atoms with Crippen LogP contribution in [0.2, 0.25) is 0 Å². The maximum Gasteiger partial charge on any atom is 1.00 e. The second-order valence-electron chi connectivity index (χ2n) is 3.51. The van der Waals surface area contributed by atoms with Gasteiger partial charge in [0.05, 0.1) is 5.56 Å². The van der Waals surface area contributed by atoms with Gasteiger partial charge >= 0.3 is 35.5 Å². The number of benzene rings is 2. The number of carbonyl (C=O) groups is 1. The molecule has 0 aliphatic heterocycles. The minimum absolute atomic E-state index is 0. The molecule has 0 saturated carbocycles. The molecule has 2 rings (SSSR count). The number of halogens is 2. The zero-order chi connectivity index (χ0) is 12.4. The van der Waals surface area contributed by atoms with E-state index >= 15 is 0 Å². The Morgan fingerprint density at radius 1 is 1.06 bits per heavy atom. The maximum atomic E-state index is 10.8. The van der Waals surface area contributed by atoms with E-state index in [4.69, 9.17) is 5.11 Å². The van der Waals surface area contributed by atoms with Gasteiger partial charge in [-0.05, 0) is 41.5 Å². The van der Waals surface area contributed by atoms with Crippen molar-refractivity contribution >= 4 is 37.8 Å². The van der Waals surface area contributed by atoms with E-state index in [-0.39, 0.29) is 31.0 Å². The van der Waals surface area contributed by atoms with Crippen LogP contribution < -0.4 is 29.6 Å². The number of hydrogen-bond donors (Lipinski definition) is 1. The summed E-state index contributed by atoms with van der Waals surface area (Å²) in [5.41, 5.74) is 2.29. The van der Waals surface area contributed by atoms with Crippen LogP contribution in [0.25, 0.3) is 11.1 Å². The van der Waals surface area contributed by atoms with Crippen molar-refractivity contribution in [1.29, 1.82) is 0 Å². The van der Waals surface area contributed by atoms with Crippen molar-refractivity contribution in [3.8, 4) is 11.1 Å². The average Bonchev–Trinajstić information content (AvgIpc) is 2.32. The molecule has 0 bridgehead atoms. The third-order valence-corrected chi connectivity index (χ3v) is 3.56. The monoisotopic (exact) mass is 378 g/mol. The molecule has 0 unspecified atom stereocenters. The molecule has 0 atom stereocenters. The van der Waals surface area contributed by atoms with Gasteiger partial charge in [0.2, 0.25) is 0 Å². The minimum atomic E-state index is -0.912. The van der Waals surface area contributed by atoms with Gasteiger partial charge in [0.1, 0.15) is 0 Å². The van der Waals surface area contributed by atoms with Crippen LogP contribution in [0, 0.1) is 0 Å². The molecule has 1 N–H and O–H groups in total. The fourth-order valence-corrected chi connectivity index (χ4v) is 2.35. The number of rotatable bonds is 2. The fraction of sp³-hybridized carbons (Fsp3) is 0. The third-order valence-electron chi connectivity index (χ3n) is 2.37. The smallest absolute Gasteiger partial charge is 1.00 e. The summed E-state index contributed by atoms with van der Waals surface area (Å²) in [4.78, 5) is 10.8. The van der Waals surface area contributed by atoms with E-state index in [1.165, 1.54) is 0 Å². The third kappa shape index (κ3) is 3.68. The summed E-state index contributed by atoms with van der Waals surface area (Å²) >= 11 is 6.89. The molecule has 88 valence electrons. The molecular weight excluding hydrogens is 371 g/mol. The molecule has 0 saturated heterocycles. The van der Waals surface area contributed by atoms with Gasteiger partial charge in [-0.1, -0.05) is 44.0 Å². The second kappa shape index (κ2) is 6.87. The van der Waals surface area contributed by atoms with E-state index in [2.05, 4.69) is 31.9 Å². The van der Waals surface area contributed by atoms with Crippen LogP contribution in [0.15, 0.2) is 51.4 Å². The van der Waals surface area contributed by atoms with E-state index in [0.29, 0.717) is 5.56 Å². The van der Waals surface area contributed by atoms with Gasteiger partial charge in [-0.25, -0.2) is 4.79 Å². The zero-order valence-electron chi connectivity index (χ0n) is 10.7. The summed E-state index contributed by atoms with van der Waals surface area (Å²) < 4.78 is 1.96. The number of carboxylic acid groups (broad SMARTS) is 1. The van der Waals surface area contributed by atoms with Crippen LogP contribution in [-0.4, -0.2) is 11.1 Å². The first-order valence-corrected chi connectivity index (χ1v) is 6.45. The molecule has 0 fully saturated rings. The molecule has 0 aliphatic rings. The Morgan fingerprint density at radius 3 is 2.22 bits per heavy atom. The summed E-state index contributed by atoms with van der Waals surface area (Å²) in [6, 6.07) is 12.7. The average molecular weight is 380 g/mol. The SMILES string of the molecule is O=C(O)c1ccc(-c2cc(Br)ccc2Br)cc1.[H-].[Na+]. The maximum absolute atomic E-state index is 10.8. The standard InChI is InChI=1S/C13H8Br2O2.Na.H/c14-10-5-6-12(15)11(7-10)8-1-3-9(4-2-8)13(16)17;;/h1-7H,(H,16,17);;/q;+1;-1. The van der Waals surface area contributed by atoms with Gasteiger partial charge in [-0.3, -0.25) is 0 Å². The van der Waals surface area contributed by atoms with Crippen molar-refractivity contribution in [2.75, 3.05) is 0 Å². The number of carboxylic acids is 1. The first-order valence-electron chi connectivity index (χ1n) is 4.87. The molecule has 18 heavy (non-hydrogen) atoms. The molecule has 0 amide bonds.